The third-order valence-electron chi connectivity index (χ3n) is 11.3. The van der Waals surface area contributed by atoms with E-state index >= 15 is 0 Å². The number of hydrogen-bond acceptors (Lipinski definition) is 2. The molecule has 7 aromatic carbocycles. The average Bonchev–Trinajstić information content (AvgIpc) is 3.47. The van der Waals surface area contributed by atoms with Gasteiger partial charge in [0.2, 0.25) is 0 Å². The fourth-order valence-electron chi connectivity index (χ4n) is 8.63. The van der Waals surface area contributed by atoms with E-state index in [4.69, 9.17) is 9.97 Å². The number of rotatable bonds is 5. The zero-order valence-electron chi connectivity index (χ0n) is 30.0. The van der Waals surface area contributed by atoms with E-state index in [-0.39, 0.29) is 5.41 Å². The number of nitrogens with zero attached hydrogens (tertiary/aromatic N) is 2. The molecule has 252 valence electrons. The molecule has 2 aliphatic rings. The summed E-state index contributed by atoms with van der Waals surface area (Å²) < 4.78 is 0. The Morgan fingerprint density at radius 1 is 0.509 bits per heavy atom. The van der Waals surface area contributed by atoms with Crippen LogP contribution in [0.5, 0.6) is 0 Å². The Morgan fingerprint density at radius 2 is 1.21 bits per heavy atom. The summed E-state index contributed by atoms with van der Waals surface area (Å²) in [6.07, 6.45) is 6.74. The second kappa shape index (κ2) is 12.4. The zero-order chi connectivity index (χ0) is 35.5. The standard InChI is InChI=1S/C51H38N2/c1-51(2)45-31-41(50-52-46(35-17-7-4-8-18-35)32-47(53-50)40-22-13-21-37(29-40)33-14-5-3-6-15-33)26-27-43(45)48-44(30-38-20-11-12-23-42(38)49(48)51)39-25-24-34-16-9-10-19-36(34)28-39/h3-9,11-18,20-32H,10,19H2,1-2H3. The van der Waals surface area contributed by atoms with Gasteiger partial charge in [0, 0.05) is 22.1 Å². The number of hydrogen-bond donors (Lipinski definition) is 0. The lowest BCUT2D eigenvalue weighted by atomic mass is 9.79. The summed E-state index contributed by atoms with van der Waals surface area (Å²) in [5, 5.41) is 2.60. The molecule has 0 bridgehead atoms. The molecule has 0 N–H and O–H groups in total. The molecule has 1 aromatic heterocycles. The second-order valence-electron chi connectivity index (χ2n) is 14.9. The number of aromatic nitrogens is 2. The van der Waals surface area contributed by atoms with Crippen LogP contribution in [0.25, 0.3) is 84.1 Å². The summed E-state index contributed by atoms with van der Waals surface area (Å²) >= 11 is 0. The molecule has 0 amide bonds. The summed E-state index contributed by atoms with van der Waals surface area (Å²) in [6.45, 7) is 4.77. The number of aryl methyl sites for hydroxylation is 1. The Kier molecular flexibility index (Phi) is 7.33. The highest BCUT2D eigenvalue weighted by Gasteiger charge is 2.39. The van der Waals surface area contributed by atoms with E-state index in [0.717, 1.165) is 46.7 Å². The molecule has 0 unspecified atom stereocenters. The molecule has 0 saturated heterocycles. The van der Waals surface area contributed by atoms with Crippen LogP contribution in [0.4, 0.5) is 0 Å². The lowest BCUT2D eigenvalue weighted by molar-refractivity contribution is 0.666. The van der Waals surface area contributed by atoms with Gasteiger partial charge in [0.05, 0.1) is 11.4 Å². The van der Waals surface area contributed by atoms with Gasteiger partial charge in [-0.3, -0.25) is 0 Å². The monoisotopic (exact) mass is 678 g/mol. The normalized spacial score (nSPS) is 13.8. The van der Waals surface area contributed by atoms with Gasteiger partial charge in [-0.25, -0.2) is 9.97 Å². The Bertz CT molecular complexity index is 2740. The summed E-state index contributed by atoms with van der Waals surface area (Å²) in [5.74, 6) is 0.730. The van der Waals surface area contributed by atoms with Crippen LogP contribution in [0.1, 0.15) is 42.5 Å². The van der Waals surface area contributed by atoms with Gasteiger partial charge in [0.1, 0.15) is 0 Å². The van der Waals surface area contributed by atoms with Crippen LogP contribution in [0.15, 0.2) is 164 Å². The fourth-order valence-corrected chi connectivity index (χ4v) is 8.63. The highest BCUT2D eigenvalue weighted by molar-refractivity contribution is 6.05. The molecule has 1 heterocycles. The minimum atomic E-state index is -0.239. The first-order chi connectivity index (χ1) is 26.0. The van der Waals surface area contributed by atoms with Crippen LogP contribution < -0.4 is 0 Å². The molecule has 53 heavy (non-hydrogen) atoms. The van der Waals surface area contributed by atoms with Crippen molar-refractivity contribution in [3.8, 4) is 67.3 Å². The van der Waals surface area contributed by atoms with Crippen molar-refractivity contribution in [3.05, 3.63) is 186 Å². The maximum Gasteiger partial charge on any atom is 0.160 e. The third kappa shape index (κ3) is 5.33. The Hall–Kier alpha value is -6.38. The lowest BCUT2D eigenvalue weighted by Gasteiger charge is -2.24. The Balaban J connectivity index is 1.15. The first-order valence-corrected chi connectivity index (χ1v) is 18.6. The van der Waals surface area contributed by atoms with Crippen LogP contribution in [-0.4, -0.2) is 9.97 Å². The predicted molar refractivity (Wildman–Crippen MR) is 222 cm³/mol. The minimum Gasteiger partial charge on any atom is -0.228 e. The van der Waals surface area contributed by atoms with Gasteiger partial charge < -0.3 is 0 Å². The van der Waals surface area contributed by atoms with Gasteiger partial charge >= 0.3 is 0 Å². The average molecular weight is 679 g/mol. The topological polar surface area (TPSA) is 25.8 Å². The lowest BCUT2D eigenvalue weighted by Crippen LogP contribution is -2.16. The fraction of sp³-hybridized carbons (Fsp3) is 0.0980. The van der Waals surface area contributed by atoms with E-state index in [9.17, 15) is 0 Å². The second-order valence-corrected chi connectivity index (χ2v) is 14.9. The molecule has 2 aliphatic carbocycles. The molecular weight excluding hydrogens is 641 g/mol. The van der Waals surface area contributed by atoms with Crippen molar-refractivity contribution >= 4 is 16.8 Å². The van der Waals surface area contributed by atoms with E-state index in [0.29, 0.717) is 0 Å². The molecule has 2 heteroatoms. The zero-order valence-corrected chi connectivity index (χ0v) is 30.0. The van der Waals surface area contributed by atoms with Crippen LogP contribution in [-0.2, 0) is 11.8 Å². The summed E-state index contributed by atoms with van der Waals surface area (Å²) in [4.78, 5) is 10.5. The summed E-state index contributed by atoms with van der Waals surface area (Å²) in [7, 11) is 0. The number of allylic oxidation sites excluding steroid dienone is 1. The van der Waals surface area contributed by atoms with Gasteiger partial charge in [-0.05, 0) is 104 Å². The van der Waals surface area contributed by atoms with E-state index in [1.165, 1.54) is 66.4 Å². The number of benzene rings is 7. The van der Waals surface area contributed by atoms with E-state index in [1.807, 2.05) is 0 Å². The van der Waals surface area contributed by atoms with Gasteiger partial charge in [0.15, 0.2) is 5.82 Å². The maximum atomic E-state index is 5.30. The largest absolute Gasteiger partial charge is 0.228 e. The van der Waals surface area contributed by atoms with Crippen molar-refractivity contribution in [1.29, 1.82) is 0 Å². The van der Waals surface area contributed by atoms with Gasteiger partial charge in [-0.15, -0.1) is 0 Å². The highest BCUT2D eigenvalue weighted by Crippen LogP contribution is 2.55. The Morgan fingerprint density at radius 3 is 2.04 bits per heavy atom. The van der Waals surface area contributed by atoms with Crippen LogP contribution in [0, 0.1) is 0 Å². The third-order valence-corrected chi connectivity index (χ3v) is 11.3. The minimum absolute atomic E-state index is 0.239. The van der Waals surface area contributed by atoms with E-state index in [2.05, 4.69) is 184 Å². The summed E-state index contributed by atoms with van der Waals surface area (Å²) in [6, 6.07) is 57.1. The first-order valence-electron chi connectivity index (χ1n) is 18.6. The van der Waals surface area contributed by atoms with Crippen LogP contribution in [0.2, 0.25) is 0 Å². The SMILES string of the molecule is CC1(C)c2cc(-c3nc(-c4ccccc4)cc(-c4cccc(-c5ccccc5)c4)n3)ccc2-c2c(-c3ccc4c(c3)CCC=C4)cc3ccccc3c21. The van der Waals surface area contributed by atoms with E-state index in [1.54, 1.807) is 0 Å². The molecule has 0 saturated carbocycles. The molecule has 8 aromatic rings. The van der Waals surface area contributed by atoms with Crippen molar-refractivity contribution in [2.75, 3.05) is 0 Å². The molecule has 0 radical (unpaired) electrons. The quantitative estimate of drug-likeness (QED) is 0.181. The van der Waals surface area contributed by atoms with Crippen LogP contribution >= 0.6 is 0 Å². The molecule has 0 aliphatic heterocycles. The number of fused-ring (bicyclic) bond motifs is 6. The van der Waals surface area contributed by atoms with Gasteiger partial charge in [0.25, 0.3) is 0 Å². The molecule has 2 nitrogen and oxygen atoms in total. The van der Waals surface area contributed by atoms with Crippen molar-refractivity contribution in [1.82, 2.24) is 9.97 Å². The molecule has 0 spiro atoms. The van der Waals surface area contributed by atoms with Gasteiger partial charge in [-0.1, -0.05) is 159 Å². The van der Waals surface area contributed by atoms with Crippen LogP contribution in [0.3, 0.4) is 0 Å². The smallest absolute Gasteiger partial charge is 0.160 e. The summed E-state index contributed by atoms with van der Waals surface area (Å²) in [5.41, 5.74) is 17.8. The molecule has 10 rings (SSSR count). The van der Waals surface area contributed by atoms with E-state index < -0.39 is 0 Å². The van der Waals surface area contributed by atoms with Crippen molar-refractivity contribution in [2.24, 2.45) is 0 Å². The predicted octanol–water partition coefficient (Wildman–Crippen LogP) is 13.2. The maximum absolute atomic E-state index is 5.30. The van der Waals surface area contributed by atoms with Crippen molar-refractivity contribution in [2.45, 2.75) is 32.1 Å². The van der Waals surface area contributed by atoms with Crippen molar-refractivity contribution < 1.29 is 0 Å². The highest BCUT2D eigenvalue weighted by atomic mass is 14.9. The molecular formula is C51H38N2. The molecule has 0 atom stereocenters. The van der Waals surface area contributed by atoms with Crippen molar-refractivity contribution in [3.63, 3.8) is 0 Å². The Labute approximate surface area is 311 Å². The molecule has 0 fully saturated rings. The first kappa shape index (κ1) is 31.4. The van der Waals surface area contributed by atoms with Gasteiger partial charge in [-0.2, -0.15) is 0 Å².